The van der Waals surface area contributed by atoms with Crippen LogP contribution in [0.5, 0.6) is 5.75 Å². The summed E-state index contributed by atoms with van der Waals surface area (Å²) in [6, 6.07) is 1.26. The Kier molecular flexibility index (Phi) is 3.97. The van der Waals surface area contributed by atoms with Gasteiger partial charge in [0.2, 0.25) is 0 Å². The lowest BCUT2D eigenvalue weighted by atomic mass is 10.4. The molecule has 4 nitrogen and oxygen atoms in total. The summed E-state index contributed by atoms with van der Waals surface area (Å²) in [5, 5.41) is 0.104. The average Bonchev–Trinajstić information content (AvgIpc) is 2.17. The number of pyridine rings is 1. The normalized spacial score (nSPS) is 13.4. The van der Waals surface area contributed by atoms with Gasteiger partial charge < -0.3 is 4.18 Å². The number of hydrogen-bond acceptors (Lipinski definition) is 4. The third kappa shape index (κ3) is 3.44. The minimum atomic E-state index is -5.91. The Bertz CT molecular complexity index is 580. The van der Waals surface area contributed by atoms with E-state index >= 15 is 0 Å². The van der Waals surface area contributed by atoms with Gasteiger partial charge in [-0.1, -0.05) is 19.6 Å². The lowest BCUT2D eigenvalue weighted by Gasteiger charge is -2.20. The van der Waals surface area contributed by atoms with Gasteiger partial charge in [-0.25, -0.2) is 4.98 Å². The van der Waals surface area contributed by atoms with Crippen LogP contribution in [0.25, 0.3) is 0 Å². The number of hydrogen-bond donors (Lipinski definition) is 0. The van der Waals surface area contributed by atoms with Crippen LogP contribution in [0, 0.1) is 5.95 Å². The first kappa shape index (κ1) is 15.9. The molecule has 0 aliphatic rings. The quantitative estimate of drug-likeness (QED) is 0.281. The SMILES string of the molecule is C[Si](C)(C)c1ccnc(F)c1OS(=O)(=O)C(F)(F)F. The van der Waals surface area contributed by atoms with Crippen molar-refractivity contribution in [3.05, 3.63) is 18.2 Å². The van der Waals surface area contributed by atoms with Crippen LogP contribution in [0.2, 0.25) is 19.6 Å². The highest BCUT2D eigenvalue weighted by Gasteiger charge is 2.49. The number of rotatable bonds is 3. The molecule has 0 N–H and O–H groups in total. The average molecular weight is 317 g/mol. The van der Waals surface area contributed by atoms with Gasteiger partial charge in [-0.05, 0) is 11.3 Å². The zero-order valence-corrected chi connectivity index (χ0v) is 12.1. The van der Waals surface area contributed by atoms with Crippen LogP contribution < -0.4 is 9.37 Å². The summed E-state index contributed by atoms with van der Waals surface area (Å²) < 4.78 is 75.9. The molecule has 0 atom stereocenters. The van der Waals surface area contributed by atoms with Crippen molar-refractivity contribution in [2.45, 2.75) is 25.1 Å². The standard InChI is InChI=1S/C9H11F4NO3SSi/c1-19(2,3)6-4-5-14-8(10)7(6)17-18(15,16)9(11,12)13/h4-5H,1-3H3. The first-order valence-corrected chi connectivity index (χ1v) is 9.93. The molecule has 0 aliphatic heterocycles. The third-order valence-electron chi connectivity index (χ3n) is 2.15. The highest BCUT2D eigenvalue weighted by molar-refractivity contribution is 7.88. The lowest BCUT2D eigenvalue weighted by Crippen LogP contribution is -2.41. The van der Waals surface area contributed by atoms with Gasteiger partial charge in [-0.3, -0.25) is 0 Å². The van der Waals surface area contributed by atoms with E-state index in [1.54, 1.807) is 19.6 Å². The van der Waals surface area contributed by atoms with Crippen LogP contribution in [0.4, 0.5) is 17.6 Å². The lowest BCUT2D eigenvalue weighted by molar-refractivity contribution is -0.0500. The largest absolute Gasteiger partial charge is 0.534 e. The van der Waals surface area contributed by atoms with Crippen molar-refractivity contribution in [3.8, 4) is 5.75 Å². The van der Waals surface area contributed by atoms with Gasteiger partial charge in [0, 0.05) is 6.20 Å². The van der Waals surface area contributed by atoms with E-state index < -0.39 is 35.4 Å². The molecule has 0 spiro atoms. The Morgan fingerprint density at radius 3 is 2.21 bits per heavy atom. The van der Waals surface area contributed by atoms with Gasteiger partial charge in [0.15, 0.2) is 5.75 Å². The van der Waals surface area contributed by atoms with Crippen LogP contribution in [-0.4, -0.2) is 27.0 Å². The Morgan fingerprint density at radius 2 is 1.79 bits per heavy atom. The maximum Gasteiger partial charge on any atom is 0.534 e. The predicted octanol–water partition coefficient (Wildman–Crippen LogP) is 1.99. The molecule has 108 valence electrons. The fourth-order valence-electron chi connectivity index (χ4n) is 1.25. The molecular weight excluding hydrogens is 306 g/mol. The summed E-state index contributed by atoms with van der Waals surface area (Å²) >= 11 is 0. The minimum absolute atomic E-state index is 0.104. The number of nitrogens with zero attached hydrogens (tertiary/aromatic N) is 1. The van der Waals surface area contributed by atoms with E-state index in [9.17, 15) is 26.0 Å². The highest BCUT2D eigenvalue weighted by Crippen LogP contribution is 2.28. The summed E-state index contributed by atoms with van der Waals surface area (Å²) in [5.74, 6) is -2.35. The molecule has 0 fully saturated rings. The molecule has 19 heavy (non-hydrogen) atoms. The fourth-order valence-corrected chi connectivity index (χ4v) is 3.21. The van der Waals surface area contributed by atoms with Crippen molar-refractivity contribution in [2.24, 2.45) is 0 Å². The topological polar surface area (TPSA) is 56.3 Å². The van der Waals surface area contributed by atoms with Crippen molar-refractivity contribution in [2.75, 3.05) is 0 Å². The van der Waals surface area contributed by atoms with Gasteiger partial charge >= 0.3 is 15.6 Å². The molecule has 10 heteroatoms. The second kappa shape index (κ2) is 4.74. The maximum absolute atomic E-state index is 13.5. The van der Waals surface area contributed by atoms with Gasteiger partial charge in [0.1, 0.15) is 0 Å². The Labute approximate surface area is 108 Å². The van der Waals surface area contributed by atoms with Crippen LogP contribution in [0.1, 0.15) is 0 Å². The second-order valence-corrected chi connectivity index (χ2v) is 11.3. The summed E-state index contributed by atoms with van der Waals surface area (Å²) in [7, 11) is -8.22. The molecule has 0 unspecified atom stereocenters. The van der Waals surface area contributed by atoms with Crippen molar-refractivity contribution < 1.29 is 30.2 Å². The smallest absolute Gasteiger partial charge is 0.371 e. The third-order valence-corrected chi connectivity index (χ3v) is 5.11. The van der Waals surface area contributed by atoms with E-state index in [0.29, 0.717) is 0 Å². The Hall–Kier alpha value is -1.16. The van der Waals surface area contributed by atoms with Crippen LogP contribution in [0.3, 0.4) is 0 Å². The molecule has 1 rings (SSSR count). The Morgan fingerprint density at radius 1 is 1.26 bits per heavy atom. The molecular formula is C9H11F4NO3SSi. The molecule has 0 aromatic carbocycles. The van der Waals surface area contributed by atoms with Crippen molar-refractivity contribution >= 4 is 23.4 Å². The molecule has 0 radical (unpaired) electrons. The molecule has 1 heterocycles. The van der Waals surface area contributed by atoms with E-state index in [-0.39, 0.29) is 5.19 Å². The zero-order chi connectivity index (χ0) is 15.1. The van der Waals surface area contributed by atoms with Crippen molar-refractivity contribution in [1.29, 1.82) is 0 Å². The highest BCUT2D eigenvalue weighted by atomic mass is 32.2. The molecule has 1 aromatic rings. The number of aromatic nitrogens is 1. The monoisotopic (exact) mass is 317 g/mol. The number of halogens is 4. The van der Waals surface area contributed by atoms with Crippen LogP contribution in [0.15, 0.2) is 12.3 Å². The predicted molar refractivity (Wildman–Crippen MR) is 62.8 cm³/mol. The summed E-state index contributed by atoms with van der Waals surface area (Å²) in [4.78, 5) is 3.12. The fraction of sp³-hybridized carbons (Fsp3) is 0.444. The first-order chi connectivity index (χ1) is 8.36. The molecule has 0 bridgehead atoms. The number of alkyl halides is 3. The Balaban J connectivity index is 3.38. The summed E-state index contributed by atoms with van der Waals surface area (Å²) in [5.41, 5.74) is -5.62. The van der Waals surface area contributed by atoms with E-state index in [4.69, 9.17) is 0 Å². The summed E-state index contributed by atoms with van der Waals surface area (Å²) in [6.45, 7) is 5.11. The molecule has 0 saturated carbocycles. The van der Waals surface area contributed by atoms with Crippen molar-refractivity contribution in [3.63, 3.8) is 0 Å². The minimum Gasteiger partial charge on any atom is -0.371 e. The zero-order valence-electron chi connectivity index (χ0n) is 10.2. The van der Waals surface area contributed by atoms with Gasteiger partial charge in [0.05, 0.1) is 8.07 Å². The van der Waals surface area contributed by atoms with E-state index in [1.165, 1.54) is 6.07 Å². The molecule has 1 aromatic heterocycles. The maximum atomic E-state index is 13.5. The van der Waals surface area contributed by atoms with E-state index in [1.807, 2.05) is 0 Å². The van der Waals surface area contributed by atoms with E-state index in [2.05, 4.69) is 9.17 Å². The molecule has 0 aliphatic carbocycles. The first-order valence-electron chi connectivity index (χ1n) is 5.02. The van der Waals surface area contributed by atoms with E-state index in [0.717, 1.165) is 6.20 Å². The second-order valence-electron chi connectivity index (χ2n) is 4.71. The van der Waals surface area contributed by atoms with Crippen molar-refractivity contribution in [1.82, 2.24) is 4.98 Å². The molecule has 0 amide bonds. The molecule has 0 saturated heterocycles. The van der Waals surface area contributed by atoms with Gasteiger partial charge in [-0.2, -0.15) is 26.0 Å². The van der Waals surface area contributed by atoms with Gasteiger partial charge in [0.25, 0.3) is 5.95 Å². The van der Waals surface area contributed by atoms with Gasteiger partial charge in [-0.15, -0.1) is 0 Å². The van der Waals surface area contributed by atoms with Crippen LogP contribution >= 0.6 is 0 Å². The summed E-state index contributed by atoms with van der Waals surface area (Å²) in [6.07, 6.45) is 1.05. The van der Waals surface area contributed by atoms with Crippen LogP contribution in [-0.2, 0) is 10.1 Å².